The molecule has 3 aromatic rings. The minimum Gasteiger partial charge on any atom is -0.361 e. The number of hydrogen-bond donors (Lipinski definition) is 2. The maximum Gasteiger partial charge on any atom is 0.245 e. The van der Waals surface area contributed by atoms with Crippen LogP contribution in [0.2, 0.25) is 5.02 Å². The Morgan fingerprint density at radius 2 is 2.04 bits per heavy atom. The van der Waals surface area contributed by atoms with Crippen LogP contribution in [0.5, 0.6) is 0 Å². The van der Waals surface area contributed by atoms with E-state index in [1.165, 1.54) is 0 Å². The summed E-state index contributed by atoms with van der Waals surface area (Å²) in [7, 11) is -3.70. The highest BCUT2D eigenvalue weighted by Gasteiger charge is 2.29. The van der Waals surface area contributed by atoms with Crippen molar-refractivity contribution in [1.82, 2.24) is 14.9 Å². The molecule has 0 saturated heterocycles. The molecular weight excluding hydrogens is 362 g/mol. The SMILES string of the molecule is Cc1noc(C)c1S(=O)(=O)NCC(C)(C)c1c[nH]c2cc(Cl)ccc12. The van der Waals surface area contributed by atoms with Gasteiger partial charge in [0, 0.05) is 34.1 Å². The molecule has 0 aliphatic rings. The number of aromatic nitrogens is 2. The van der Waals surface area contributed by atoms with Gasteiger partial charge in [0.15, 0.2) is 5.76 Å². The third-order valence-electron chi connectivity index (χ3n) is 4.31. The van der Waals surface area contributed by atoms with E-state index in [1.807, 2.05) is 38.2 Å². The number of rotatable bonds is 5. The van der Waals surface area contributed by atoms with E-state index < -0.39 is 15.4 Å². The summed E-state index contributed by atoms with van der Waals surface area (Å²) in [6.07, 6.45) is 1.89. The van der Waals surface area contributed by atoms with Crippen LogP contribution < -0.4 is 4.72 Å². The van der Waals surface area contributed by atoms with Gasteiger partial charge in [-0.15, -0.1) is 0 Å². The Morgan fingerprint density at radius 1 is 1.32 bits per heavy atom. The highest BCUT2D eigenvalue weighted by atomic mass is 35.5. The van der Waals surface area contributed by atoms with Gasteiger partial charge in [0.1, 0.15) is 10.6 Å². The number of sulfonamides is 1. The molecule has 0 atom stereocenters. The number of fused-ring (bicyclic) bond motifs is 1. The van der Waals surface area contributed by atoms with Gasteiger partial charge in [0.2, 0.25) is 10.0 Å². The second kappa shape index (κ2) is 6.16. The lowest BCUT2D eigenvalue weighted by molar-refractivity contribution is 0.390. The van der Waals surface area contributed by atoms with Crippen LogP contribution in [0.15, 0.2) is 33.8 Å². The van der Waals surface area contributed by atoms with Crippen LogP contribution in [-0.2, 0) is 15.4 Å². The van der Waals surface area contributed by atoms with E-state index in [-0.39, 0.29) is 17.2 Å². The smallest absolute Gasteiger partial charge is 0.245 e. The Balaban J connectivity index is 1.88. The highest BCUT2D eigenvalue weighted by Crippen LogP contribution is 2.32. The number of benzene rings is 1. The number of halogens is 1. The van der Waals surface area contributed by atoms with E-state index >= 15 is 0 Å². The first-order valence-electron chi connectivity index (χ1n) is 7.81. The zero-order valence-corrected chi connectivity index (χ0v) is 16.0. The van der Waals surface area contributed by atoms with Crippen LogP contribution in [-0.4, -0.2) is 25.1 Å². The van der Waals surface area contributed by atoms with Crippen molar-refractivity contribution in [2.45, 2.75) is 38.0 Å². The molecule has 0 amide bonds. The summed E-state index contributed by atoms with van der Waals surface area (Å²) in [5, 5.41) is 5.38. The molecule has 2 N–H and O–H groups in total. The van der Waals surface area contributed by atoms with Gasteiger partial charge in [-0.05, 0) is 31.5 Å². The van der Waals surface area contributed by atoms with Crippen molar-refractivity contribution in [2.24, 2.45) is 0 Å². The second-order valence-corrected chi connectivity index (χ2v) is 8.89. The number of aryl methyl sites for hydroxylation is 2. The molecule has 25 heavy (non-hydrogen) atoms. The Kier molecular flexibility index (Phi) is 4.43. The first-order valence-corrected chi connectivity index (χ1v) is 9.67. The largest absolute Gasteiger partial charge is 0.361 e. The molecule has 0 unspecified atom stereocenters. The highest BCUT2D eigenvalue weighted by molar-refractivity contribution is 7.89. The maximum atomic E-state index is 12.6. The van der Waals surface area contributed by atoms with Crippen molar-refractivity contribution in [2.75, 3.05) is 6.54 Å². The number of aromatic amines is 1. The molecule has 2 aromatic heterocycles. The normalized spacial score (nSPS) is 12.8. The van der Waals surface area contributed by atoms with Gasteiger partial charge in [0.05, 0.1) is 0 Å². The monoisotopic (exact) mass is 381 g/mol. The summed E-state index contributed by atoms with van der Waals surface area (Å²) in [6, 6.07) is 5.61. The molecule has 0 fully saturated rings. The van der Waals surface area contributed by atoms with Crippen molar-refractivity contribution in [3.63, 3.8) is 0 Å². The van der Waals surface area contributed by atoms with Crippen LogP contribution in [0.25, 0.3) is 10.9 Å². The fourth-order valence-electron chi connectivity index (χ4n) is 2.96. The van der Waals surface area contributed by atoms with Crippen molar-refractivity contribution >= 4 is 32.5 Å². The molecule has 0 aliphatic carbocycles. The fraction of sp³-hybridized carbons (Fsp3) is 0.353. The average molecular weight is 382 g/mol. The minimum atomic E-state index is -3.70. The lowest BCUT2D eigenvalue weighted by atomic mass is 9.85. The molecule has 2 heterocycles. The molecule has 0 aliphatic heterocycles. The summed E-state index contributed by atoms with van der Waals surface area (Å²) in [4.78, 5) is 3.30. The van der Waals surface area contributed by atoms with E-state index in [2.05, 4.69) is 14.9 Å². The number of H-pyrrole nitrogens is 1. The van der Waals surface area contributed by atoms with Crippen molar-refractivity contribution in [1.29, 1.82) is 0 Å². The quantitative estimate of drug-likeness (QED) is 0.705. The van der Waals surface area contributed by atoms with Gasteiger partial charge in [-0.2, -0.15) is 0 Å². The first kappa shape index (κ1) is 18.0. The molecule has 8 heteroatoms. The molecular formula is C17H20ClN3O3S. The first-order chi connectivity index (χ1) is 11.6. The molecule has 0 radical (unpaired) electrons. The van der Waals surface area contributed by atoms with Crippen LogP contribution in [0.3, 0.4) is 0 Å². The summed E-state index contributed by atoms with van der Waals surface area (Å²) in [5.41, 5.74) is 1.85. The molecule has 0 bridgehead atoms. The lowest BCUT2D eigenvalue weighted by Crippen LogP contribution is -2.36. The third kappa shape index (κ3) is 3.31. The molecule has 134 valence electrons. The Labute approximate surface area is 151 Å². The second-order valence-electron chi connectivity index (χ2n) is 6.75. The lowest BCUT2D eigenvalue weighted by Gasteiger charge is -2.25. The van der Waals surface area contributed by atoms with E-state index in [0.29, 0.717) is 10.7 Å². The molecule has 0 saturated carbocycles. The van der Waals surface area contributed by atoms with Crippen LogP contribution in [0.4, 0.5) is 0 Å². The van der Waals surface area contributed by atoms with Crippen molar-refractivity contribution in [3.8, 4) is 0 Å². The van der Waals surface area contributed by atoms with Crippen LogP contribution in [0, 0.1) is 13.8 Å². The Bertz CT molecular complexity index is 1020. The van der Waals surface area contributed by atoms with E-state index in [4.69, 9.17) is 16.1 Å². The van der Waals surface area contributed by atoms with Gasteiger partial charge in [-0.25, -0.2) is 13.1 Å². The van der Waals surface area contributed by atoms with Crippen LogP contribution >= 0.6 is 11.6 Å². The standard InChI is InChI=1S/C17H20ClN3O3S/c1-10-16(11(2)24-21-10)25(22,23)20-9-17(3,4)14-8-19-15-7-12(18)5-6-13(14)15/h5-8,19-20H,9H2,1-4H3. The van der Waals surface area contributed by atoms with Gasteiger partial charge in [-0.3, -0.25) is 0 Å². The topological polar surface area (TPSA) is 88.0 Å². The zero-order valence-electron chi connectivity index (χ0n) is 14.5. The van der Waals surface area contributed by atoms with Gasteiger partial charge < -0.3 is 9.51 Å². The molecule has 1 aromatic carbocycles. The van der Waals surface area contributed by atoms with Gasteiger partial charge >= 0.3 is 0 Å². The summed E-state index contributed by atoms with van der Waals surface area (Å²) in [5.74, 6) is 0.282. The molecule has 3 rings (SSSR count). The third-order valence-corrected chi connectivity index (χ3v) is 6.19. The van der Waals surface area contributed by atoms with E-state index in [9.17, 15) is 8.42 Å². The van der Waals surface area contributed by atoms with Crippen LogP contribution in [0.1, 0.15) is 30.9 Å². The van der Waals surface area contributed by atoms with Crippen molar-refractivity contribution in [3.05, 3.63) is 46.4 Å². The number of hydrogen-bond acceptors (Lipinski definition) is 4. The van der Waals surface area contributed by atoms with Gasteiger partial charge in [0.25, 0.3) is 0 Å². The van der Waals surface area contributed by atoms with E-state index in [1.54, 1.807) is 13.8 Å². The Morgan fingerprint density at radius 3 is 2.68 bits per heavy atom. The number of nitrogens with one attached hydrogen (secondary N) is 2. The maximum absolute atomic E-state index is 12.6. The summed E-state index contributed by atoms with van der Waals surface area (Å²) < 4.78 is 32.9. The number of nitrogens with zero attached hydrogens (tertiary/aromatic N) is 1. The molecule has 0 spiro atoms. The fourth-order valence-corrected chi connectivity index (χ4v) is 4.67. The van der Waals surface area contributed by atoms with Crippen molar-refractivity contribution < 1.29 is 12.9 Å². The summed E-state index contributed by atoms with van der Waals surface area (Å²) >= 11 is 6.02. The van der Waals surface area contributed by atoms with Gasteiger partial charge in [-0.1, -0.05) is 36.7 Å². The zero-order chi connectivity index (χ0) is 18.4. The predicted octanol–water partition coefficient (Wildman–Crippen LogP) is 3.68. The Hall–Kier alpha value is -1.83. The summed E-state index contributed by atoms with van der Waals surface area (Å²) in [6.45, 7) is 7.40. The average Bonchev–Trinajstić information content (AvgIpc) is 3.09. The predicted molar refractivity (Wildman–Crippen MR) is 97.5 cm³/mol. The minimum absolute atomic E-state index is 0.106. The van der Waals surface area contributed by atoms with E-state index in [0.717, 1.165) is 16.5 Å². The molecule has 6 nitrogen and oxygen atoms in total.